The normalized spacial score (nSPS) is 18.2. The molecule has 0 spiro atoms. The van der Waals surface area contributed by atoms with Crippen molar-refractivity contribution >= 4 is 33.9 Å². The zero-order chi connectivity index (χ0) is 25.4. The fourth-order valence-electron chi connectivity index (χ4n) is 4.40. The molecule has 2 aliphatic heterocycles. The van der Waals surface area contributed by atoms with Gasteiger partial charge in [0.05, 0.1) is 11.6 Å². The van der Waals surface area contributed by atoms with Crippen LogP contribution >= 0.6 is 11.3 Å². The molecule has 0 aliphatic carbocycles. The van der Waals surface area contributed by atoms with Gasteiger partial charge in [0.1, 0.15) is 30.5 Å². The molecule has 9 heteroatoms. The molecular formula is C28H20N2O6S. The first-order chi connectivity index (χ1) is 18.1. The smallest absolute Gasteiger partial charge is 0.301 e. The van der Waals surface area contributed by atoms with Gasteiger partial charge in [-0.2, -0.15) is 0 Å². The van der Waals surface area contributed by atoms with Crippen molar-refractivity contribution < 1.29 is 28.9 Å². The van der Waals surface area contributed by atoms with E-state index in [0.29, 0.717) is 52.5 Å². The number of Topliss-reactive ketones (excluding diaryl/α,β-unsaturated/α-hetero) is 1. The number of ether oxygens (including phenoxy) is 3. The predicted octanol–water partition coefficient (Wildman–Crippen LogP) is 5.33. The van der Waals surface area contributed by atoms with Gasteiger partial charge in [-0.05, 0) is 48.0 Å². The van der Waals surface area contributed by atoms with E-state index in [4.69, 9.17) is 14.2 Å². The van der Waals surface area contributed by atoms with E-state index in [0.717, 1.165) is 0 Å². The third-order valence-electron chi connectivity index (χ3n) is 6.04. The molecule has 0 saturated carbocycles. The number of aliphatic hydroxyl groups is 1. The molecule has 1 atom stereocenters. The Labute approximate surface area is 216 Å². The first-order valence-corrected chi connectivity index (χ1v) is 12.4. The second-order valence-corrected chi connectivity index (χ2v) is 9.20. The Morgan fingerprint density at radius 1 is 0.946 bits per heavy atom. The standard InChI is InChI=1S/C28H20N2O6S/c31-25(18-9-10-21-22(16-18)35-13-12-34-21)23-24(30(27(33)26(23)32)28-29-11-14-37-28)17-5-4-8-20(15-17)36-19-6-2-1-3-7-19/h1-11,14-16,24,31H,12-13H2/t24-/m1/s1. The highest BCUT2D eigenvalue weighted by molar-refractivity contribution is 7.14. The maximum Gasteiger partial charge on any atom is 0.301 e. The number of benzene rings is 3. The Morgan fingerprint density at radius 3 is 2.51 bits per heavy atom. The lowest BCUT2D eigenvalue weighted by atomic mass is 9.95. The Hall–Kier alpha value is -4.63. The molecule has 184 valence electrons. The number of anilines is 1. The van der Waals surface area contributed by atoms with Crippen LogP contribution in [0.4, 0.5) is 5.13 Å². The second-order valence-electron chi connectivity index (χ2n) is 8.33. The van der Waals surface area contributed by atoms with Crippen LogP contribution in [0.25, 0.3) is 5.76 Å². The number of carbonyl (C=O) groups is 2. The Kier molecular flexibility index (Phi) is 5.82. The van der Waals surface area contributed by atoms with Gasteiger partial charge in [-0.1, -0.05) is 30.3 Å². The van der Waals surface area contributed by atoms with E-state index >= 15 is 0 Å². The predicted molar refractivity (Wildman–Crippen MR) is 137 cm³/mol. The third-order valence-corrected chi connectivity index (χ3v) is 6.81. The fraction of sp³-hybridized carbons (Fsp3) is 0.107. The van der Waals surface area contributed by atoms with Crippen molar-refractivity contribution in [3.05, 3.63) is 101 Å². The van der Waals surface area contributed by atoms with Crippen LogP contribution in [-0.2, 0) is 9.59 Å². The molecule has 2 aliphatic rings. The van der Waals surface area contributed by atoms with E-state index in [2.05, 4.69) is 4.98 Å². The quantitative estimate of drug-likeness (QED) is 0.219. The number of thiazole rings is 1. The molecule has 3 aromatic carbocycles. The van der Waals surface area contributed by atoms with Crippen molar-refractivity contribution in [2.45, 2.75) is 6.04 Å². The molecule has 0 unspecified atom stereocenters. The maximum absolute atomic E-state index is 13.4. The number of aliphatic hydroxyl groups excluding tert-OH is 1. The molecule has 1 aromatic heterocycles. The van der Waals surface area contributed by atoms with Gasteiger partial charge in [0.15, 0.2) is 16.6 Å². The fourth-order valence-corrected chi connectivity index (χ4v) is 5.07. The van der Waals surface area contributed by atoms with Gasteiger partial charge >= 0.3 is 5.91 Å². The summed E-state index contributed by atoms with van der Waals surface area (Å²) in [5.41, 5.74) is 0.874. The lowest BCUT2D eigenvalue weighted by Crippen LogP contribution is -2.29. The van der Waals surface area contributed by atoms with E-state index in [1.54, 1.807) is 54.0 Å². The van der Waals surface area contributed by atoms with Crippen molar-refractivity contribution in [1.29, 1.82) is 0 Å². The van der Waals surface area contributed by atoms with Gasteiger partial charge in [-0.15, -0.1) is 11.3 Å². The summed E-state index contributed by atoms with van der Waals surface area (Å²) < 4.78 is 17.2. The zero-order valence-electron chi connectivity index (χ0n) is 19.4. The molecular weight excluding hydrogens is 492 g/mol. The van der Waals surface area contributed by atoms with Gasteiger partial charge in [0, 0.05) is 17.1 Å². The van der Waals surface area contributed by atoms with E-state index in [1.807, 2.05) is 30.3 Å². The summed E-state index contributed by atoms with van der Waals surface area (Å²) in [5, 5.41) is 13.5. The Morgan fingerprint density at radius 2 is 1.73 bits per heavy atom. The molecule has 6 rings (SSSR count). The number of amides is 1. The van der Waals surface area contributed by atoms with Crippen LogP contribution in [0.3, 0.4) is 0 Å². The summed E-state index contributed by atoms with van der Waals surface area (Å²) in [6, 6.07) is 20.4. The number of carbonyl (C=O) groups excluding carboxylic acids is 2. The minimum absolute atomic E-state index is 0.0475. The zero-order valence-corrected chi connectivity index (χ0v) is 20.2. The molecule has 1 amide bonds. The second kappa shape index (κ2) is 9.44. The largest absolute Gasteiger partial charge is 0.507 e. The molecule has 8 nitrogen and oxygen atoms in total. The number of rotatable bonds is 5. The van der Waals surface area contributed by atoms with E-state index in [9.17, 15) is 14.7 Å². The number of fused-ring (bicyclic) bond motifs is 1. The SMILES string of the molecule is O=C1C(=O)N(c2nccs2)[C@H](c2cccc(Oc3ccccc3)c2)C1=C(O)c1ccc2c(c1)OCCO2. The van der Waals surface area contributed by atoms with Crippen LogP contribution in [-0.4, -0.2) is 35.0 Å². The van der Waals surface area contributed by atoms with Crippen molar-refractivity contribution in [3.63, 3.8) is 0 Å². The highest BCUT2D eigenvalue weighted by Gasteiger charge is 2.48. The number of para-hydroxylation sites is 1. The van der Waals surface area contributed by atoms with E-state index < -0.39 is 17.7 Å². The summed E-state index contributed by atoms with van der Waals surface area (Å²) in [7, 11) is 0. The first-order valence-electron chi connectivity index (χ1n) is 11.5. The van der Waals surface area contributed by atoms with Crippen LogP contribution in [0.15, 0.2) is 89.9 Å². The number of hydrogen-bond donors (Lipinski definition) is 1. The maximum atomic E-state index is 13.4. The summed E-state index contributed by atoms with van der Waals surface area (Å²) >= 11 is 1.23. The van der Waals surface area contributed by atoms with Crippen molar-refractivity contribution in [1.82, 2.24) is 4.98 Å². The topological polar surface area (TPSA) is 98.2 Å². The van der Waals surface area contributed by atoms with Gasteiger partial charge in [0.2, 0.25) is 0 Å². The third kappa shape index (κ3) is 4.19. The van der Waals surface area contributed by atoms with Crippen molar-refractivity contribution in [2.24, 2.45) is 0 Å². The summed E-state index contributed by atoms with van der Waals surface area (Å²) in [5.74, 6) is 0.286. The summed E-state index contributed by atoms with van der Waals surface area (Å²) in [6.45, 7) is 0.804. The molecule has 4 aromatic rings. The lowest BCUT2D eigenvalue weighted by Gasteiger charge is -2.23. The van der Waals surface area contributed by atoms with Crippen LogP contribution in [0.1, 0.15) is 17.2 Å². The lowest BCUT2D eigenvalue weighted by molar-refractivity contribution is -0.132. The minimum atomic E-state index is -0.918. The Bertz CT molecular complexity index is 1520. The van der Waals surface area contributed by atoms with Crippen molar-refractivity contribution in [3.8, 4) is 23.0 Å². The summed E-state index contributed by atoms with van der Waals surface area (Å²) in [6.07, 6.45) is 1.56. The van der Waals surface area contributed by atoms with Crippen LogP contribution in [0, 0.1) is 0 Å². The molecule has 1 N–H and O–H groups in total. The monoisotopic (exact) mass is 512 g/mol. The van der Waals surface area contributed by atoms with Gasteiger partial charge in [-0.25, -0.2) is 4.98 Å². The van der Waals surface area contributed by atoms with Crippen molar-refractivity contribution in [2.75, 3.05) is 18.1 Å². The van der Waals surface area contributed by atoms with Gasteiger partial charge in [-0.3, -0.25) is 14.5 Å². The summed E-state index contributed by atoms with van der Waals surface area (Å²) in [4.78, 5) is 32.2. The molecule has 0 radical (unpaired) electrons. The van der Waals surface area contributed by atoms with Gasteiger partial charge in [0.25, 0.3) is 5.78 Å². The number of nitrogens with zero attached hydrogens (tertiary/aromatic N) is 2. The molecule has 1 saturated heterocycles. The average Bonchev–Trinajstić information content (AvgIpc) is 3.55. The molecule has 1 fully saturated rings. The molecule has 0 bridgehead atoms. The highest BCUT2D eigenvalue weighted by atomic mass is 32.1. The Balaban J connectivity index is 1.48. The van der Waals surface area contributed by atoms with Crippen LogP contribution in [0.5, 0.6) is 23.0 Å². The number of hydrogen-bond acceptors (Lipinski definition) is 8. The minimum Gasteiger partial charge on any atom is -0.507 e. The molecule has 3 heterocycles. The average molecular weight is 513 g/mol. The number of ketones is 1. The van der Waals surface area contributed by atoms with Crippen LogP contribution in [0.2, 0.25) is 0 Å². The van der Waals surface area contributed by atoms with Crippen LogP contribution < -0.4 is 19.1 Å². The highest BCUT2D eigenvalue weighted by Crippen LogP contribution is 2.44. The first kappa shape index (κ1) is 22.8. The van der Waals surface area contributed by atoms with E-state index in [-0.39, 0.29) is 11.3 Å². The number of aromatic nitrogens is 1. The molecule has 37 heavy (non-hydrogen) atoms. The van der Waals surface area contributed by atoms with E-state index in [1.165, 1.54) is 16.2 Å². The van der Waals surface area contributed by atoms with Gasteiger partial charge < -0.3 is 19.3 Å².